The van der Waals surface area contributed by atoms with Gasteiger partial charge in [-0.25, -0.2) is 0 Å². The van der Waals surface area contributed by atoms with Gasteiger partial charge in [0.1, 0.15) is 0 Å². The molecule has 2 aromatic carbocycles. The summed E-state index contributed by atoms with van der Waals surface area (Å²) in [6.07, 6.45) is 0.992. The zero-order valence-corrected chi connectivity index (χ0v) is 13.6. The molecule has 0 aliphatic rings. The van der Waals surface area contributed by atoms with Gasteiger partial charge in [0.15, 0.2) is 0 Å². The summed E-state index contributed by atoms with van der Waals surface area (Å²) in [7, 11) is 0. The molecule has 0 bridgehead atoms. The Balaban J connectivity index is 2.18. The van der Waals surface area contributed by atoms with E-state index in [-0.39, 0.29) is 0 Å². The quantitative estimate of drug-likeness (QED) is 0.634. The highest BCUT2D eigenvalue weighted by Gasteiger charge is 2.11. The molecule has 1 unspecified atom stereocenters. The third-order valence-electron chi connectivity index (χ3n) is 3.58. The third kappa shape index (κ3) is 3.84. The molecule has 2 heteroatoms. The van der Waals surface area contributed by atoms with E-state index in [4.69, 9.17) is 11.6 Å². The van der Waals surface area contributed by atoms with E-state index in [9.17, 15) is 0 Å². The molecule has 0 aromatic heterocycles. The second kappa shape index (κ2) is 6.58. The van der Waals surface area contributed by atoms with Crippen LogP contribution >= 0.6 is 27.5 Å². The van der Waals surface area contributed by atoms with E-state index in [2.05, 4.69) is 72.2 Å². The van der Waals surface area contributed by atoms with E-state index in [0.717, 1.165) is 10.9 Å². The molecule has 0 saturated carbocycles. The van der Waals surface area contributed by atoms with Crippen molar-refractivity contribution >= 4 is 27.5 Å². The molecule has 1 atom stereocenters. The van der Waals surface area contributed by atoms with E-state index >= 15 is 0 Å². The predicted octanol–water partition coefficient (Wildman–Crippen LogP) is 5.63. The Morgan fingerprint density at radius 1 is 1.00 bits per heavy atom. The van der Waals surface area contributed by atoms with Crippen molar-refractivity contribution in [1.82, 2.24) is 0 Å². The molecule has 0 nitrogen and oxygen atoms in total. The third-order valence-corrected chi connectivity index (χ3v) is 4.48. The normalized spacial score (nSPS) is 12.4. The molecule has 0 radical (unpaired) electrons. The van der Waals surface area contributed by atoms with Crippen LogP contribution < -0.4 is 0 Å². The van der Waals surface area contributed by atoms with Crippen LogP contribution in [0.3, 0.4) is 0 Å². The molecule has 0 spiro atoms. The highest BCUT2D eigenvalue weighted by Crippen LogP contribution is 2.25. The summed E-state index contributed by atoms with van der Waals surface area (Å²) in [5.41, 5.74) is 5.35. The first-order valence-corrected chi connectivity index (χ1v) is 7.80. The van der Waals surface area contributed by atoms with Crippen molar-refractivity contribution in [3.05, 3.63) is 69.2 Å². The average Bonchev–Trinajstić information content (AvgIpc) is 2.41. The van der Waals surface area contributed by atoms with E-state index in [1.807, 2.05) is 0 Å². The Labute approximate surface area is 128 Å². The first-order valence-electron chi connectivity index (χ1n) is 6.47. The number of rotatable bonds is 4. The Morgan fingerprint density at radius 2 is 1.68 bits per heavy atom. The predicted molar refractivity (Wildman–Crippen MR) is 87.2 cm³/mol. The van der Waals surface area contributed by atoms with Crippen molar-refractivity contribution in [3.8, 4) is 0 Å². The summed E-state index contributed by atoms with van der Waals surface area (Å²) in [5, 5.41) is 0. The minimum Gasteiger partial charge on any atom is -0.126 e. The molecular weight excluding hydrogens is 320 g/mol. The van der Waals surface area contributed by atoms with Crippen LogP contribution in [0.4, 0.5) is 0 Å². The summed E-state index contributed by atoms with van der Waals surface area (Å²) in [5.74, 6) is 1.02. The maximum absolute atomic E-state index is 6.15. The zero-order chi connectivity index (χ0) is 13.8. The lowest BCUT2D eigenvalue weighted by Crippen LogP contribution is -2.05. The fourth-order valence-corrected chi connectivity index (χ4v) is 2.76. The maximum Gasteiger partial charge on any atom is 0.0295 e. The van der Waals surface area contributed by atoms with Crippen molar-refractivity contribution in [1.29, 1.82) is 0 Å². The largest absolute Gasteiger partial charge is 0.126 e. The first kappa shape index (κ1) is 14.6. The van der Waals surface area contributed by atoms with E-state index in [1.165, 1.54) is 22.3 Å². The monoisotopic (exact) mass is 336 g/mol. The maximum atomic E-state index is 6.15. The molecule has 0 aliphatic carbocycles. The molecule has 0 aliphatic heterocycles. The first-order chi connectivity index (χ1) is 9.10. The standard InChI is InChI=1S/C17H18BrCl/c1-12-3-4-14(9-13(12)2)10-16(11-19)15-5-7-17(18)8-6-15/h3-9,16H,10-11H2,1-2H3. The Kier molecular flexibility index (Phi) is 5.06. The number of hydrogen-bond acceptors (Lipinski definition) is 0. The van der Waals surface area contributed by atoms with Crippen LogP contribution in [0.1, 0.15) is 28.2 Å². The highest BCUT2D eigenvalue weighted by molar-refractivity contribution is 9.10. The van der Waals surface area contributed by atoms with Gasteiger partial charge < -0.3 is 0 Å². The van der Waals surface area contributed by atoms with Crippen LogP contribution in [0.2, 0.25) is 0 Å². The van der Waals surface area contributed by atoms with Crippen molar-refractivity contribution in [2.24, 2.45) is 0 Å². The fourth-order valence-electron chi connectivity index (χ4n) is 2.21. The van der Waals surface area contributed by atoms with E-state index in [0.29, 0.717) is 11.8 Å². The van der Waals surface area contributed by atoms with Gasteiger partial charge in [0.25, 0.3) is 0 Å². The van der Waals surface area contributed by atoms with Gasteiger partial charge in [-0.2, -0.15) is 0 Å². The molecule has 19 heavy (non-hydrogen) atoms. The number of halogens is 2. The lowest BCUT2D eigenvalue weighted by Gasteiger charge is -2.15. The topological polar surface area (TPSA) is 0 Å². The summed E-state index contributed by atoms with van der Waals surface area (Å²) in [4.78, 5) is 0. The van der Waals surface area contributed by atoms with Crippen LogP contribution in [0, 0.1) is 13.8 Å². The SMILES string of the molecule is Cc1ccc(CC(CCl)c2ccc(Br)cc2)cc1C. The minimum atomic E-state index is 0.372. The molecule has 100 valence electrons. The van der Waals surface area contributed by atoms with Crippen LogP contribution in [0.25, 0.3) is 0 Å². The van der Waals surface area contributed by atoms with Crippen LogP contribution in [-0.4, -0.2) is 5.88 Å². The summed E-state index contributed by atoms with van der Waals surface area (Å²) in [6, 6.07) is 15.1. The van der Waals surface area contributed by atoms with Crippen molar-refractivity contribution in [2.75, 3.05) is 5.88 Å². The van der Waals surface area contributed by atoms with Crippen molar-refractivity contribution < 1.29 is 0 Å². The van der Waals surface area contributed by atoms with Crippen LogP contribution in [0.15, 0.2) is 46.9 Å². The summed E-state index contributed by atoms with van der Waals surface area (Å²) >= 11 is 9.62. The second-order valence-electron chi connectivity index (χ2n) is 5.03. The number of alkyl halides is 1. The van der Waals surface area contributed by atoms with Crippen LogP contribution in [0.5, 0.6) is 0 Å². The Hall–Kier alpha value is -0.790. The summed E-state index contributed by atoms with van der Waals surface area (Å²) in [6.45, 7) is 4.31. The molecule has 0 N–H and O–H groups in total. The van der Waals surface area contributed by atoms with Gasteiger partial charge in [-0.1, -0.05) is 46.3 Å². The molecule has 0 fully saturated rings. The van der Waals surface area contributed by atoms with E-state index < -0.39 is 0 Å². The van der Waals surface area contributed by atoms with Crippen molar-refractivity contribution in [3.63, 3.8) is 0 Å². The number of benzene rings is 2. The van der Waals surface area contributed by atoms with Gasteiger partial charge in [0.2, 0.25) is 0 Å². The minimum absolute atomic E-state index is 0.372. The molecule has 0 saturated heterocycles. The fraction of sp³-hybridized carbons (Fsp3) is 0.294. The smallest absolute Gasteiger partial charge is 0.0295 e. The van der Waals surface area contributed by atoms with Gasteiger partial charge in [0, 0.05) is 16.3 Å². The van der Waals surface area contributed by atoms with Crippen molar-refractivity contribution in [2.45, 2.75) is 26.2 Å². The number of aryl methyl sites for hydroxylation is 2. The molecule has 2 aromatic rings. The number of hydrogen-bond donors (Lipinski definition) is 0. The second-order valence-corrected chi connectivity index (χ2v) is 6.25. The Bertz CT molecular complexity index is 546. The van der Waals surface area contributed by atoms with Gasteiger partial charge in [0.05, 0.1) is 0 Å². The van der Waals surface area contributed by atoms with Gasteiger partial charge in [-0.05, 0) is 54.7 Å². The average molecular weight is 338 g/mol. The molecule has 0 heterocycles. The highest BCUT2D eigenvalue weighted by atomic mass is 79.9. The molecule has 2 rings (SSSR count). The van der Waals surface area contributed by atoms with Gasteiger partial charge >= 0.3 is 0 Å². The van der Waals surface area contributed by atoms with E-state index in [1.54, 1.807) is 0 Å². The molecular formula is C17H18BrCl. The summed E-state index contributed by atoms with van der Waals surface area (Å²) < 4.78 is 1.11. The van der Waals surface area contributed by atoms with Gasteiger partial charge in [-0.15, -0.1) is 11.6 Å². The zero-order valence-electron chi connectivity index (χ0n) is 11.3. The Morgan fingerprint density at radius 3 is 2.26 bits per heavy atom. The molecule has 0 amide bonds. The van der Waals surface area contributed by atoms with Gasteiger partial charge in [-0.3, -0.25) is 0 Å². The van der Waals surface area contributed by atoms with Crippen LogP contribution in [-0.2, 0) is 6.42 Å². The lowest BCUT2D eigenvalue weighted by atomic mass is 9.92. The lowest BCUT2D eigenvalue weighted by molar-refractivity contribution is 0.765.